The van der Waals surface area contributed by atoms with E-state index in [2.05, 4.69) is 16.0 Å². The van der Waals surface area contributed by atoms with E-state index in [1.54, 1.807) is 18.2 Å². The molecule has 132 valence electrons. The van der Waals surface area contributed by atoms with Gasteiger partial charge in [0.15, 0.2) is 0 Å². The lowest BCUT2D eigenvalue weighted by Crippen LogP contribution is -2.45. The minimum Gasteiger partial charge on any atom is -0.348 e. The van der Waals surface area contributed by atoms with Crippen LogP contribution in [0.2, 0.25) is 5.02 Å². The van der Waals surface area contributed by atoms with E-state index < -0.39 is 0 Å². The lowest BCUT2D eigenvalue weighted by molar-refractivity contribution is -0.117. The fraction of sp³-hybridized carbons (Fsp3) is 0.556. The SMILES string of the molecule is CC(C)(C)CC(=O)Nc1ccc(Cl)c(C(=O)NC2CCCNC2)c1. The summed E-state index contributed by atoms with van der Waals surface area (Å²) in [6.07, 6.45) is 2.41. The molecule has 0 aliphatic carbocycles. The standard InChI is InChI=1S/C18H26ClN3O2/c1-18(2,3)10-16(23)21-12-6-7-15(19)14(9-12)17(24)22-13-5-4-8-20-11-13/h6-7,9,13,20H,4-5,8,10-11H2,1-3H3,(H,21,23)(H,22,24). The van der Waals surface area contributed by atoms with Gasteiger partial charge in [0.05, 0.1) is 10.6 Å². The molecule has 0 saturated carbocycles. The number of amides is 2. The Morgan fingerprint density at radius 2 is 2.08 bits per heavy atom. The second-order valence-electron chi connectivity index (χ2n) is 7.50. The Kier molecular flexibility index (Phi) is 6.24. The number of rotatable bonds is 4. The zero-order valence-electron chi connectivity index (χ0n) is 14.5. The van der Waals surface area contributed by atoms with Crippen molar-refractivity contribution in [3.63, 3.8) is 0 Å². The van der Waals surface area contributed by atoms with E-state index >= 15 is 0 Å². The fourth-order valence-electron chi connectivity index (χ4n) is 2.70. The topological polar surface area (TPSA) is 70.2 Å². The van der Waals surface area contributed by atoms with Crippen molar-refractivity contribution in [1.82, 2.24) is 10.6 Å². The first-order chi connectivity index (χ1) is 11.2. The second kappa shape index (κ2) is 7.99. The third-order valence-corrected chi connectivity index (χ3v) is 4.15. The van der Waals surface area contributed by atoms with Crippen LogP contribution in [-0.2, 0) is 4.79 Å². The van der Waals surface area contributed by atoms with Crippen LogP contribution in [0.4, 0.5) is 5.69 Å². The van der Waals surface area contributed by atoms with Gasteiger partial charge in [-0.25, -0.2) is 0 Å². The van der Waals surface area contributed by atoms with Crippen molar-refractivity contribution in [2.45, 2.75) is 46.1 Å². The fourth-order valence-corrected chi connectivity index (χ4v) is 2.91. The molecular formula is C18H26ClN3O2. The van der Waals surface area contributed by atoms with Gasteiger partial charge >= 0.3 is 0 Å². The largest absolute Gasteiger partial charge is 0.348 e. The summed E-state index contributed by atoms with van der Waals surface area (Å²) in [5.74, 6) is -0.284. The number of anilines is 1. The van der Waals surface area contributed by atoms with Crippen LogP contribution in [0.25, 0.3) is 0 Å². The van der Waals surface area contributed by atoms with E-state index in [4.69, 9.17) is 11.6 Å². The molecule has 2 rings (SSSR count). The van der Waals surface area contributed by atoms with Gasteiger partial charge in [0.1, 0.15) is 0 Å². The zero-order chi connectivity index (χ0) is 17.7. The number of piperidine rings is 1. The van der Waals surface area contributed by atoms with Crippen LogP contribution in [0, 0.1) is 5.41 Å². The molecule has 1 aliphatic heterocycles. The molecule has 0 spiro atoms. The van der Waals surface area contributed by atoms with Crippen molar-refractivity contribution in [3.05, 3.63) is 28.8 Å². The van der Waals surface area contributed by atoms with E-state index in [-0.39, 0.29) is 23.3 Å². The van der Waals surface area contributed by atoms with Gasteiger partial charge in [-0.2, -0.15) is 0 Å². The lowest BCUT2D eigenvalue weighted by Gasteiger charge is -2.24. The van der Waals surface area contributed by atoms with Crippen LogP contribution < -0.4 is 16.0 Å². The molecule has 6 heteroatoms. The third-order valence-electron chi connectivity index (χ3n) is 3.82. The number of benzene rings is 1. The monoisotopic (exact) mass is 351 g/mol. The van der Waals surface area contributed by atoms with Crippen LogP contribution in [-0.4, -0.2) is 30.9 Å². The maximum absolute atomic E-state index is 12.5. The Labute approximate surface area is 148 Å². The normalized spacial score (nSPS) is 18.1. The summed E-state index contributed by atoms with van der Waals surface area (Å²) in [6.45, 7) is 7.77. The van der Waals surface area contributed by atoms with Gasteiger partial charge in [0.2, 0.25) is 5.91 Å². The van der Waals surface area contributed by atoms with Crippen LogP contribution in [0.1, 0.15) is 50.4 Å². The van der Waals surface area contributed by atoms with Gasteiger partial charge < -0.3 is 16.0 Å². The van der Waals surface area contributed by atoms with Crippen molar-refractivity contribution in [1.29, 1.82) is 0 Å². The van der Waals surface area contributed by atoms with E-state index in [9.17, 15) is 9.59 Å². The van der Waals surface area contributed by atoms with Gasteiger partial charge in [-0.3, -0.25) is 9.59 Å². The molecular weight excluding hydrogens is 326 g/mol. The lowest BCUT2D eigenvalue weighted by atomic mass is 9.92. The number of nitrogens with one attached hydrogen (secondary N) is 3. The molecule has 0 bridgehead atoms. The molecule has 1 heterocycles. The highest BCUT2D eigenvalue weighted by Gasteiger charge is 2.20. The van der Waals surface area contributed by atoms with Gasteiger partial charge in [-0.05, 0) is 43.0 Å². The van der Waals surface area contributed by atoms with E-state index in [0.717, 1.165) is 25.9 Å². The molecule has 0 radical (unpaired) electrons. The quantitative estimate of drug-likeness (QED) is 0.780. The summed E-state index contributed by atoms with van der Waals surface area (Å²) >= 11 is 6.16. The van der Waals surface area contributed by atoms with Crippen molar-refractivity contribution < 1.29 is 9.59 Å². The molecule has 1 fully saturated rings. The zero-order valence-corrected chi connectivity index (χ0v) is 15.3. The highest BCUT2D eigenvalue weighted by Crippen LogP contribution is 2.23. The van der Waals surface area contributed by atoms with Crippen molar-refractivity contribution in [2.75, 3.05) is 18.4 Å². The highest BCUT2D eigenvalue weighted by molar-refractivity contribution is 6.34. The molecule has 24 heavy (non-hydrogen) atoms. The maximum Gasteiger partial charge on any atom is 0.253 e. The Balaban J connectivity index is 2.04. The molecule has 1 saturated heterocycles. The number of hydrogen-bond acceptors (Lipinski definition) is 3. The van der Waals surface area contributed by atoms with E-state index in [0.29, 0.717) is 22.7 Å². The van der Waals surface area contributed by atoms with Crippen LogP contribution >= 0.6 is 11.6 Å². The minimum atomic E-state index is -0.208. The molecule has 3 N–H and O–H groups in total. The molecule has 0 aromatic heterocycles. The summed E-state index contributed by atoms with van der Waals surface area (Å²) in [6, 6.07) is 5.10. The van der Waals surface area contributed by atoms with Crippen LogP contribution in [0.15, 0.2) is 18.2 Å². The number of halogens is 1. The number of carbonyl (C=O) groups is 2. The summed E-state index contributed by atoms with van der Waals surface area (Å²) in [4.78, 5) is 24.5. The summed E-state index contributed by atoms with van der Waals surface area (Å²) < 4.78 is 0. The van der Waals surface area contributed by atoms with Crippen LogP contribution in [0.3, 0.4) is 0 Å². The van der Waals surface area contributed by atoms with Crippen molar-refractivity contribution in [2.24, 2.45) is 5.41 Å². The Morgan fingerprint density at radius 1 is 1.33 bits per heavy atom. The molecule has 1 aliphatic rings. The Morgan fingerprint density at radius 3 is 2.71 bits per heavy atom. The Bertz CT molecular complexity index is 605. The number of carbonyl (C=O) groups excluding carboxylic acids is 2. The first-order valence-corrected chi connectivity index (χ1v) is 8.73. The molecule has 1 aromatic rings. The summed E-state index contributed by atoms with van der Waals surface area (Å²) in [5.41, 5.74) is 0.876. The number of hydrogen-bond donors (Lipinski definition) is 3. The molecule has 1 aromatic carbocycles. The third kappa shape index (κ3) is 5.80. The molecule has 2 amide bonds. The second-order valence-corrected chi connectivity index (χ2v) is 7.90. The molecule has 5 nitrogen and oxygen atoms in total. The predicted octanol–water partition coefficient (Wildman–Crippen LogP) is 3.20. The van der Waals surface area contributed by atoms with Crippen LogP contribution in [0.5, 0.6) is 0 Å². The van der Waals surface area contributed by atoms with Gasteiger partial charge in [0, 0.05) is 24.7 Å². The van der Waals surface area contributed by atoms with Crippen molar-refractivity contribution >= 4 is 29.1 Å². The maximum atomic E-state index is 12.5. The predicted molar refractivity (Wildman–Crippen MR) is 97.5 cm³/mol. The minimum absolute atomic E-state index is 0.0762. The molecule has 1 unspecified atom stereocenters. The summed E-state index contributed by atoms with van der Waals surface area (Å²) in [5, 5.41) is 9.47. The summed E-state index contributed by atoms with van der Waals surface area (Å²) in [7, 11) is 0. The first kappa shape index (κ1) is 18.7. The average Bonchev–Trinajstić information content (AvgIpc) is 2.48. The first-order valence-electron chi connectivity index (χ1n) is 8.35. The van der Waals surface area contributed by atoms with E-state index in [1.807, 2.05) is 20.8 Å². The Hall–Kier alpha value is -1.59. The average molecular weight is 352 g/mol. The van der Waals surface area contributed by atoms with Gasteiger partial charge in [-0.1, -0.05) is 32.4 Å². The smallest absolute Gasteiger partial charge is 0.253 e. The highest BCUT2D eigenvalue weighted by atomic mass is 35.5. The van der Waals surface area contributed by atoms with Gasteiger partial charge in [-0.15, -0.1) is 0 Å². The van der Waals surface area contributed by atoms with E-state index in [1.165, 1.54) is 0 Å². The molecule has 1 atom stereocenters. The van der Waals surface area contributed by atoms with Crippen molar-refractivity contribution in [3.8, 4) is 0 Å². The van der Waals surface area contributed by atoms with Gasteiger partial charge in [0.25, 0.3) is 5.91 Å².